The number of nitrogens with zero attached hydrogens (tertiary/aromatic N) is 1. The topological polar surface area (TPSA) is 50.9 Å². The van der Waals surface area contributed by atoms with Gasteiger partial charge in [-0.3, -0.25) is 4.98 Å². The molecule has 0 bridgehead atoms. The summed E-state index contributed by atoms with van der Waals surface area (Å²) < 4.78 is 0. The first-order chi connectivity index (χ1) is 6.92. The first kappa shape index (κ1) is 11.8. The molecule has 3 N–H and O–H groups in total. The van der Waals surface area contributed by atoms with Gasteiger partial charge in [-0.25, -0.2) is 0 Å². The lowest BCUT2D eigenvalue weighted by Crippen LogP contribution is -2.13. The molecule has 80 valence electrons. The third-order valence-electron chi connectivity index (χ3n) is 2.14. The quantitative estimate of drug-likeness (QED) is 0.837. The maximum Gasteiger partial charge on any atom is 0.0421 e. The molecule has 0 saturated carbocycles. The lowest BCUT2D eigenvalue weighted by atomic mass is 10.1. The van der Waals surface area contributed by atoms with E-state index in [0.717, 1.165) is 17.6 Å². The Morgan fingerprint density at radius 1 is 1.27 bits per heavy atom. The van der Waals surface area contributed by atoms with Gasteiger partial charge >= 0.3 is 0 Å². The van der Waals surface area contributed by atoms with Crippen molar-refractivity contribution in [1.82, 2.24) is 4.98 Å². The van der Waals surface area contributed by atoms with E-state index in [1.807, 2.05) is 18.3 Å². The highest BCUT2D eigenvalue weighted by atomic mass is 35.5. The Labute approximate surface area is 95.1 Å². The Morgan fingerprint density at radius 2 is 2.13 bits per heavy atom. The molecule has 1 aromatic carbocycles. The standard InChI is InChI=1S/C11H13N3.ClH/c12-5-7-14-11-3-1-2-9-8-13-6-4-10(9)11;/h1-4,6,8,14H,5,7,12H2;1H. The number of hydrogen-bond donors (Lipinski definition) is 2. The fraction of sp³-hybridized carbons (Fsp3) is 0.182. The van der Waals surface area contributed by atoms with Gasteiger partial charge in [-0.15, -0.1) is 12.4 Å². The number of anilines is 1. The molecule has 0 unspecified atom stereocenters. The van der Waals surface area contributed by atoms with E-state index in [2.05, 4.69) is 22.4 Å². The maximum absolute atomic E-state index is 5.45. The summed E-state index contributed by atoms with van der Waals surface area (Å²) in [5, 5.41) is 5.62. The van der Waals surface area contributed by atoms with Crippen molar-refractivity contribution in [3.05, 3.63) is 36.7 Å². The van der Waals surface area contributed by atoms with E-state index in [0.29, 0.717) is 6.54 Å². The molecule has 0 amide bonds. The van der Waals surface area contributed by atoms with E-state index < -0.39 is 0 Å². The minimum atomic E-state index is 0. The molecule has 1 aromatic heterocycles. The number of hydrogen-bond acceptors (Lipinski definition) is 3. The molecule has 0 fully saturated rings. The van der Waals surface area contributed by atoms with Crippen molar-refractivity contribution in [3.8, 4) is 0 Å². The van der Waals surface area contributed by atoms with Gasteiger partial charge in [0.1, 0.15) is 0 Å². The monoisotopic (exact) mass is 223 g/mol. The SMILES string of the molecule is Cl.NCCNc1cccc2cnccc12. The molecule has 2 aromatic rings. The number of rotatable bonds is 3. The van der Waals surface area contributed by atoms with Gasteiger partial charge in [0, 0.05) is 41.9 Å². The Morgan fingerprint density at radius 3 is 2.93 bits per heavy atom. The molecule has 2 rings (SSSR count). The summed E-state index contributed by atoms with van der Waals surface area (Å²) >= 11 is 0. The zero-order valence-corrected chi connectivity index (χ0v) is 9.13. The lowest BCUT2D eigenvalue weighted by Gasteiger charge is -2.07. The zero-order valence-electron chi connectivity index (χ0n) is 8.31. The predicted molar refractivity (Wildman–Crippen MR) is 66.5 cm³/mol. The molecular weight excluding hydrogens is 210 g/mol. The molecule has 0 spiro atoms. The summed E-state index contributed by atoms with van der Waals surface area (Å²) in [7, 11) is 0. The highest BCUT2D eigenvalue weighted by Crippen LogP contribution is 2.21. The van der Waals surface area contributed by atoms with Crippen LogP contribution in [-0.4, -0.2) is 18.1 Å². The van der Waals surface area contributed by atoms with Crippen molar-refractivity contribution in [2.75, 3.05) is 18.4 Å². The normalized spacial score (nSPS) is 9.67. The van der Waals surface area contributed by atoms with Crippen molar-refractivity contribution >= 4 is 28.9 Å². The number of pyridine rings is 1. The molecule has 3 nitrogen and oxygen atoms in total. The average Bonchev–Trinajstić information content (AvgIpc) is 2.26. The first-order valence-electron chi connectivity index (χ1n) is 4.68. The summed E-state index contributed by atoms with van der Waals surface area (Å²) in [6.07, 6.45) is 3.67. The van der Waals surface area contributed by atoms with Crippen LogP contribution in [0.15, 0.2) is 36.7 Å². The number of nitrogens with one attached hydrogen (secondary N) is 1. The summed E-state index contributed by atoms with van der Waals surface area (Å²) in [6, 6.07) is 8.13. The molecular formula is C11H14ClN3. The lowest BCUT2D eigenvalue weighted by molar-refractivity contribution is 1.03. The highest BCUT2D eigenvalue weighted by Gasteiger charge is 1.98. The van der Waals surface area contributed by atoms with E-state index in [1.165, 1.54) is 5.39 Å². The van der Waals surface area contributed by atoms with Crippen LogP contribution in [0.4, 0.5) is 5.69 Å². The molecule has 0 aliphatic carbocycles. The van der Waals surface area contributed by atoms with Gasteiger partial charge in [-0.1, -0.05) is 12.1 Å². The van der Waals surface area contributed by atoms with Gasteiger partial charge in [0.05, 0.1) is 0 Å². The van der Waals surface area contributed by atoms with Crippen LogP contribution in [0.1, 0.15) is 0 Å². The van der Waals surface area contributed by atoms with Crippen LogP contribution in [0.2, 0.25) is 0 Å². The van der Waals surface area contributed by atoms with Gasteiger partial charge in [0.15, 0.2) is 0 Å². The number of aromatic nitrogens is 1. The molecule has 4 heteroatoms. The largest absolute Gasteiger partial charge is 0.383 e. The number of halogens is 1. The Balaban J connectivity index is 0.00000112. The molecule has 0 saturated heterocycles. The third-order valence-corrected chi connectivity index (χ3v) is 2.14. The second kappa shape index (κ2) is 5.53. The van der Waals surface area contributed by atoms with Gasteiger partial charge in [0.25, 0.3) is 0 Å². The molecule has 0 radical (unpaired) electrons. The van der Waals surface area contributed by atoms with E-state index in [-0.39, 0.29) is 12.4 Å². The molecule has 0 atom stereocenters. The van der Waals surface area contributed by atoms with Crippen molar-refractivity contribution in [3.63, 3.8) is 0 Å². The summed E-state index contributed by atoms with van der Waals surface area (Å²) in [4.78, 5) is 4.08. The van der Waals surface area contributed by atoms with E-state index in [9.17, 15) is 0 Å². The van der Waals surface area contributed by atoms with Crippen molar-refractivity contribution in [2.45, 2.75) is 0 Å². The number of benzene rings is 1. The average molecular weight is 224 g/mol. The zero-order chi connectivity index (χ0) is 9.80. The van der Waals surface area contributed by atoms with Crippen molar-refractivity contribution in [1.29, 1.82) is 0 Å². The Hall–Kier alpha value is -1.32. The molecule has 1 heterocycles. The molecule has 0 aliphatic rings. The predicted octanol–water partition coefficient (Wildman–Crippen LogP) is 2.03. The van der Waals surface area contributed by atoms with Crippen LogP contribution in [0.25, 0.3) is 10.8 Å². The van der Waals surface area contributed by atoms with Crippen molar-refractivity contribution in [2.24, 2.45) is 5.73 Å². The second-order valence-corrected chi connectivity index (χ2v) is 3.12. The van der Waals surface area contributed by atoms with Crippen LogP contribution in [0.3, 0.4) is 0 Å². The van der Waals surface area contributed by atoms with Crippen LogP contribution in [0, 0.1) is 0 Å². The van der Waals surface area contributed by atoms with Gasteiger partial charge in [-0.05, 0) is 12.1 Å². The van der Waals surface area contributed by atoms with Gasteiger partial charge in [-0.2, -0.15) is 0 Å². The number of fused-ring (bicyclic) bond motifs is 1. The molecule has 0 aliphatic heterocycles. The van der Waals surface area contributed by atoms with Gasteiger partial charge in [0.2, 0.25) is 0 Å². The Bertz CT molecular complexity index is 426. The summed E-state index contributed by atoms with van der Waals surface area (Å²) in [5.41, 5.74) is 6.57. The van der Waals surface area contributed by atoms with E-state index in [4.69, 9.17) is 5.73 Å². The first-order valence-corrected chi connectivity index (χ1v) is 4.68. The van der Waals surface area contributed by atoms with Crippen molar-refractivity contribution < 1.29 is 0 Å². The Kier molecular flexibility index (Phi) is 4.34. The maximum atomic E-state index is 5.45. The minimum Gasteiger partial charge on any atom is -0.383 e. The van der Waals surface area contributed by atoms with Crippen LogP contribution < -0.4 is 11.1 Å². The van der Waals surface area contributed by atoms with Crippen LogP contribution in [0.5, 0.6) is 0 Å². The fourth-order valence-electron chi connectivity index (χ4n) is 1.48. The summed E-state index contributed by atoms with van der Waals surface area (Å²) in [5.74, 6) is 0. The van der Waals surface area contributed by atoms with E-state index in [1.54, 1.807) is 6.20 Å². The van der Waals surface area contributed by atoms with Crippen LogP contribution >= 0.6 is 12.4 Å². The molecule has 15 heavy (non-hydrogen) atoms. The second-order valence-electron chi connectivity index (χ2n) is 3.12. The van der Waals surface area contributed by atoms with Crippen LogP contribution in [-0.2, 0) is 0 Å². The minimum absolute atomic E-state index is 0. The number of nitrogens with two attached hydrogens (primary N) is 1. The van der Waals surface area contributed by atoms with Gasteiger partial charge < -0.3 is 11.1 Å². The van der Waals surface area contributed by atoms with E-state index >= 15 is 0 Å². The highest BCUT2D eigenvalue weighted by molar-refractivity contribution is 5.93. The smallest absolute Gasteiger partial charge is 0.0421 e. The summed E-state index contributed by atoms with van der Waals surface area (Å²) in [6.45, 7) is 1.43. The fourth-order valence-corrected chi connectivity index (χ4v) is 1.48. The third kappa shape index (κ3) is 2.58.